The maximum Gasteiger partial charge on any atom is 0.408 e. The Hall–Kier alpha value is -2.05. The number of esters is 1. The summed E-state index contributed by atoms with van der Waals surface area (Å²) in [6, 6.07) is -0.183. The van der Waals surface area contributed by atoms with Crippen LogP contribution in [0.1, 0.15) is 57.8 Å². The molecule has 1 aromatic heterocycles. The van der Waals surface area contributed by atoms with E-state index in [9.17, 15) is 9.59 Å². The van der Waals surface area contributed by atoms with Crippen LogP contribution in [0.5, 0.6) is 0 Å². The Morgan fingerprint density at radius 1 is 1.43 bits per heavy atom. The summed E-state index contributed by atoms with van der Waals surface area (Å²) in [5.41, 5.74) is 1.33. The predicted molar refractivity (Wildman–Crippen MR) is 83.9 cm³/mol. The number of fused-ring (bicyclic) bond motifs is 1. The second kappa shape index (κ2) is 7.02. The standard InChI is InChI=1S/C16H25N3O4/c1-5-22-13(20)10-19-9-11-7-6-8-12(14(11)18-19)17-15(21)23-16(2,3)4/h9,12H,5-8,10H2,1-4H3,(H,17,21)/t12-/m1/s1. The average molecular weight is 323 g/mol. The molecule has 1 atom stereocenters. The van der Waals surface area contributed by atoms with Crippen molar-refractivity contribution in [3.8, 4) is 0 Å². The first-order valence-electron chi connectivity index (χ1n) is 8.00. The zero-order valence-corrected chi connectivity index (χ0v) is 14.2. The summed E-state index contributed by atoms with van der Waals surface area (Å²) < 4.78 is 11.8. The van der Waals surface area contributed by atoms with Gasteiger partial charge in [0.2, 0.25) is 0 Å². The molecule has 0 radical (unpaired) electrons. The summed E-state index contributed by atoms with van der Waals surface area (Å²) >= 11 is 0. The highest BCUT2D eigenvalue weighted by molar-refractivity contribution is 5.69. The molecule has 0 aliphatic heterocycles. The Balaban J connectivity index is 2.05. The van der Waals surface area contributed by atoms with Gasteiger partial charge in [-0.3, -0.25) is 9.48 Å². The normalized spacial score (nSPS) is 17.3. The van der Waals surface area contributed by atoms with Gasteiger partial charge in [-0.1, -0.05) is 0 Å². The lowest BCUT2D eigenvalue weighted by Gasteiger charge is -2.25. The van der Waals surface area contributed by atoms with Crippen LogP contribution in [0.25, 0.3) is 0 Å². The van der Waals surface area contributed by atoms with Gasteiger partial charge in [0.1, 0.15) is 12.1 Å². The summed E-state index contributed by atoms with van der Waals surface area (Å²) in [5, 5.41) is 7.32. The maximum atomic E-state index is 12.0. The van der Waals surface area contributed by atoms with Crippen LogP contribution in [0.4, 0.5) is 4.79 Å². The van der Waals surface area contributed by atoms with Crippen molar-refractivity contribution in [2.24, 2.45) is 0 Å². The van der Waals surface area contributed by atoms with E-state index < -0.39 is 11.7 Å². The Labute approximate surface area is 136 Å². The van der Waals surface area contributed by atoms with Crippen molar-refractivity contribution in [1.82, 2.24) is 15.1 Å². The van der Waals surface area contributed by atoms with Crippen LogP contribution in [-0.4, -0.2) is 34.1 Å². The van der Waals surface area contributed by atoms with Crippen LogP contribution in [0.3, 0.4) is 0 Å². The first-order chi connectivity index (χ1) is 10.8. The van der Waals surface area contributed by atoms with Crippen molar-refractivity contribution in [3.05, 3.63) is 17.5 Å². The van der Waals surface area contributed by atoms with Gasteiger partial charge in [0.15, 0.2) is 0 Å². The molecule has 7 heteroatoms. The number of alkyl carbamates (subject to hydrolysis) is 1. The monoisotopic (exact) mass is 323 g/mol. The lowest BCUT2D eigenvalue weighted by Crippen LogP contribution is -2.36. The second-order valence-corrected chi connectivity index (χ2v) is 6.63. The van der Waals surface area contributed by atoms with Crippen LogP contribution in [-0.2, 0) is 27.2 Å². The Bertz CT molecular complexity index is 574. The highest BCUT2D eigenvalue weighted by Gasteiger charge is 2.27. The molecule has 0 spiro atoms. The topological polar surface area (TPSA) is 82.5 Å². The molecule has 1 N–H and O–H groups in total. The van der Waals surface area contributed by atoms with Gasteiger partial charge in [0, 0.05) is 6.20 Å². The van der Waals surface area contributed by atoms with Gasteiger partial charge in [-0.2, -0.15) is 5.10 Å². The van der Waals surface area contributed by atoms with Crippen LogP contribution in [0.15, 0.2) is 6.20 Å². The summed E-state index contributed by atoms with van der Waals surface area (Å²) in [4.78, 5) is 23.5. The summed E-state index contributed by atoms with van der Waals surface area (Å²) in [5.74, 6) is -0.316. The van der Waals surface area contributed by atoms with E-state index in [1.165, 1.54) is 0 Å². The number of amides is 1. The second-order valence-electron chi connectivity index (χ2n) is 6.63. The van der Waals surface area contributed by atoms with E-state index in [2.05, 4.69) is 10.4 Å². The Morgan fingerprint density at radius 3 is 2.83 bits per heavy atom. The number of ether oxygens (including phenoxy) is 2. The molecule has 1 heterocycles. The fraction of sp³-hybridized carbons (Fsp3) is 0.688. The first-order valence-corrected chi connectivity index (χ1v) is 8.00. The largest absolute Gasteiger partial charge is 0.465 e. The van der Waals surface area contributed by atoms with Crippen molar-refractivity contribution < 1.29 is 19.1 Å². The minimum Gasteiger partial charge on any atom is -0.465 e. The van der Waals surface area contributed by atoms with E-state index in [1.54, 1.807) is 11.6 Å². The SMILES string of the molecule is CCOC(=O)Cn1cc2c(n1)[C@H](NC(=O)OC(C)(C)C)CCC2. The molecule has 1 aliphatic rings. The van der Waals surface area contributed by atoms with Gasteiger partial charge in [-0.25, -0.2) is 4.79 Å². The summed E-state index contributed by atoms with van der Waals surface area (Å²) in [6.45, 7) is 7.68. The number of hydrogen-bond acceptors (Lipinski definition) is 5. The van der Waals surface area contributed by atoms with Gasteiger partial charge in [0.05, 0.1) is 18.3 Å². The molecule has 0 saturated carbocycles. The predicted octanol–water partition coefficient (Wildman–Crippen LogP) is 2.35. The number of hydrogen-bond donors (Lipinski definition) is 1. The molecule has 1 aliphatic carbocycles. The number of aryl methyl sites for hydroxylation is 1. The van der Waals surface area contributed by atoms with Gasteiger partial charge in [0.25, 0.3) is 0 Å². The number of nitrogens with one attached hydrogen (secondary N) is 1. The minimum atomic E-state index is -0.537. The lowest BCUT2D eigenvalue weighted by atomic mass is 9.94. The highest BCUT2D eigenvalue weighted by Crippen LogP contribution is 2.28. The van der Waals surface area contributed by atoms with Crippen molar-refractivity contribution in [2.45, 2.75) is 65.1 Å². The molecular weight excluding hydrogens is 298 g/mol. The number of carbonyl (C=O) groups excluding carboxylic acids is 2. The van der Waals surface area contributed by atoms with E-state index >= 15 is 0 Å². The first kappa shape index (κ1) is 17.3. The molecule has 2 rings (SSSR count). The number of aromatic nitrogens is 2. The van der Waals surface area contributed by atoms with Crippen LogP contribution >= 0.6 is 0 Å². The zero-order valence-electron chi connectivity index (χ0n) is 14.2. The smallest absolute Gasteiger partial charge is 0.408 e. The van der Waals surface area contributed by atoms with Crippen molar-refractivity contribution in [1.29, 1.82) is 0 Å². The minimum absolute atomic E-state index is 0.0833. The quantitative estimate of drug-likeness (QED) is 0.860. The van der Waals surface area contributed by atoms with Gasteiger partial charge in [-0.15, -0.1) is 0 Å². The Morgan fingerprint density at radius 2 is 2.17 bits per heavy atom. The number of rotatable bonds is 4. The Kier molecular flexibility index (Phi) is 5.28. The van der Waals surface area contributed by atoms with E-state index in [1.807, 2.05) is 27.0 Å². The fourth-order valence-corrected chi connectivity index (χ4v) is 2.61. The number of carbonyl (C=O) groups is 2. The third-order valence-corrected chi connectivity index (χ3v) is 3.43. The zero-order chi connectivity index (χ0) is 17.0. The molecule has 23 heavy (non-hydrogen) atoms. The highest BCUT2D eigenvalue weighted by atomic mass is 16.6. The molecule has 0 bridgehead atoms. The average Bonchev–Trinajstić information content (AvgIpc) is 2.80. The maximum absolute atomic E-state index is 12.0. The van der Waals surface area contributed by atoms with E-state index in [-0.39, 0.29) is 18.6 Å². The van der Waals surface area contributed by atoms with Crippen molar-refractivity contribution in [3.63, 3.8) is 0 Å². The molecule has 0 aromatic carbocycles. The third-order valence-electron chi connectivity index (χ3n) is 3.43. The van der Waals surface area contributed by atoms with Crippen molar-refractivity contribution in [2.75, 3.05) is 6.61 Å². The van der Waals surface area contributed by atoms with Crippen LogP contribution in [0, 0.1) is 0 Å². The van der Waals surface area contributed by atoms with Crippen molar-refractivity contribution >= 4 is 12.1 Å². The van der Waals surface area contributed by atoms with Gasteiger partial charge >= 0.3 is 12.1 Å². The van der Waals surface area contributed by atoms with E-state index in [4.69, 9.17) is 9.47 Å². The summed E-state index contributed by atoms with van der Waals surface area (Å²) in [7, 11) is 0. The van der Waals surface area contributed by atoms with E-state index in [0.717, 1.165) is 30.5 Å². The molecular formula is C16H25N3O4. The van der Waals surface area contributed by atoms with E-state index in [0.29, 0.717) is 6.61 Å². The molecule has 1 aromatic rings. The summed E-state index contributed by atoms with van der Waals surface area (Å²) in [6.07, 6.45) is 4.07. The third kappa shape index (κ3) is 4.97. The number of nitrogens with zero attached hydrogens (tertiary/aromatic N) is 2. The molecule has 1 amide bonds. The van der Waals surface area contributed by atoms with Crippen LogP contribution in [0.2, 0.25) is 0 Å². The fourth-order valence-electron chi connectivity index (χ4n) is 2.61. The molecule has 0 saturated heterocycles. The van der Waals surface area contributed by atoms with Gasteiger partial charge in [-0.05, 0) is 52.5 Å². The molecule has 7 nitrogen and oxygen atoms in total. The van der Waals surface area contributed by atoms with Gasteiger partial charge < -0.3 is 14.8 Å². The van der Waals surface area contributed by atoms with Crippen LogP contribution < -0.4 is 5.32 Å². The molecule has 0 fully saturated rings. The lowest BCUT2D eigenvalue weighted by molar-refractivity contribution is -0.144. The molecule has 128 valence electrons. The molecule has 0 unspecified atom stereocenters.